The minimum atomic E-state index is -0.131. The molecular weight excluding hydrogens is 288 g/mol. The summed E-state index contributed by atoms with van der Waals surface area (Å²) in [6.07, 6.45) is 9.04. The van der Waals surface area contributed by atoms with Gasteiger partial charge in [0.1, 0.15) is 11.6 Å². The van der Waals surface area contributed by atoms with Crippen LogP contribution in [0.1, 0.15) is 77.0 Å². The van der Waals surface area contributed by atoms with Crippen LogP contribution in [0.2, 0.25) is 0 Å². The van der Waals surface area contributed by atoms with Crippen molar-refractivity contribution in [3.05, 3.63) is 11.3 Å². The van der Waals surface area contributed by atoms with E-state index in [1.54, 1.807) is 6.92 Å². The highest BCUT2D eigenvalue weighted by atomic mass is 16.1. The maximum absolute atomic E-state index is 11.4. The van der Waals surface area contributed by atoms with Crippen LogP contribution in [0.4, 0.5) is 11.8 Å². The fourth-order valence-corrected chi connectivity index (χ4v) is 3.27. The highest BCUT2D eigenvalue weighted by Crippen LogP contribution is 2.31. The van der Waals surface area contributed by atoms with E-state index in [1.165, 1.54) is 18.4 Å². The van der Waals surface area contributed by atoms with Crippen molar-refractivity contribution in [3.8, 4) is 0 Å². The lowest BCUT2D eigenvalue weighted by Gasteiger charge is -2.33. The van der Waals surface area contributed by atoms with E-state index >= 15 is 0 Å². The second kappa shape index (κ2) is 7.75. The number of hydrogen-bond donors (Lipinski definition) is 2. The van der Waals surface area contributed by atoms with E-state index in [1.807, 2.05) is 0 Å². The maximum atomic E-state index is 11.4. The molecule has 1 atom stereocenters. The Morgan fingerprint density at radius 1 is 1.26 bits per heavy atom. The number of Topliss-reactive ketones (excluding diaryl/α,β-unsaturated/α-hetero) is 1. The highest BCUT2D eigenvalue weighted by molar-refractivity contribution is 5.75. The van der Waals surface area contributed by atoms with Crippen LogP contribution in [0.15, 0.2) is 0 Å². The standard InChI is InChI=1S/C18H30N4O/c1-4-5-11-18(3,12-10-13(2)23)22-16-14-8-6-7-9-15(14)20-17(19)21-16/h4-12H2,1-3H3,(H3,19,20,21,22)/t18-/m1/s1. The molecule has 1 aliphatic rings. The zero-order valence-electron chi connectivity index (χ0n) is 14.7. The highest BCUT2D eigenvalue weighted by Gasteiger charge is 2.27. The number of anilines is 2. The first-order valence-corrected chi connectivity index (χ1v) is 8.86. The van der Waals surface area contributed by atoms with Crippen molar-refractivity contribution in [3.63, 3.8) is 0 Å². The topological polar surface area (TPSA) is 80.9 Å². The van der Waals surface area contributed by atoms with Gasteiger partial charge in [0.05, 0.1) is 5.69 Å². The van der Waals surface area contributed by atoms with Gasteiger partial charge in [-0.15, -0.1) is 0 Å². The zero-order chi connectivity index (χ0) is 16.9. The van der Waals surface area contributed by atoms with E-state index in [0.717, 1.165) is 50.0 Å². The van der Waals surface area contributed by atoms with Crippen LogP contribution in [0.5, 0.6) is 0 Å². The van der Waals surface area contributed by atoms with Gasteiger partial charge in [-0.1, -0.05) is 19.8 Å². The number of nitrogens with two attached hydrogens (primary N) is 1. The Hall–Kier alpha value is -1.65. The normalized spacial score (nSPS) is 16.5. The fraction of sp³-hybridized carbons (Fsp3) is 0.722. The first-order chi connectivity index (χ1) is 10.9. The lowest BCUT2D eigenvalue weighted by Crippen LogP contribution is -2.36. The molecule has 0 aromatic carbocycles. The van der Waals surface area contributed by atoms with Crippen molar-refractivity contribution in [1.82, 2.24) is 9.97 Å². The largest absolute Gasteiger partial charge is 0.368 e. The van der Waals surface area contributed by atoms with E-state index in [2.05, 4.69) is 29.1 Å². The van der Waals surface area contributed by atoms with E-state index in [4.69, 9.17) is 5.73 Å². The molecule has 0 unspecified atom stereocenters. The van der Waals surface area contributed by atoms with Crippen molar-refractivity contribution in [2.75, 3.05) is 11.1 Å². The Bertz CT molecular complexity index is 558. The summed E-state index contributed by atoms with van der Waals surface area (Å²) >= 11 is 0. The third-order valence-corrected chi connectivity index (χ3v) is 4.73. The van der Waals surface area contributed by atoms with E-state index in [-0.39, 0.29) is 11.3 Å². The van der Waals surface area contributed by atoms with Crippen LogP contribution in [-0.4, -0.2) is 21.3 Å². The summed E-state index contributed by atoms with van der Waals surface area (Å²) in [5.41, 5.74) is 8.09. The lowest BCUT2D eigenvalue weighted by molar-refractivity contribution is -0.117. The van der Waals surface area contributed by atoms with Crippen LogP contribution < -0.4 is 11.1 Å². The molecule has 128 valence electrons. The first-order valence-electron chi connectivity index (χ1n) is 8.86. The molecule has 0 spiro atoms. The zero-order valence-corrected chi connectivity index (χ0v) is 14.7. The van der Waals surface area contributed by atoms with Gasteiger partial charge in [0.2, 0.25) is 5.95 Å². The third-order valence-electron chi connectivity index (χ3n) is 4.73. The Morgan fingerprint density at radius 3 is 2.70 bits per heavy atom. The number of aryl methyl sites for hydroxylation is 1. The molecule has 0 aliphatic heterocycles. The fourth-order valence-electron chi connectivity index (χ4n) is 3.27. The molecule has 1 aromatic rings. The smallest absolute Gasteiger partial charge is 0.222 e. The van der Waals surface area contributed by atoms with Gasteiger partial charge >= 0.3 is 0 Å². The van der Waals surface area contributed by atoms with Crippen LogP contribution in [-0.2, 0) is 17.6 Å². The first kappa shape index (κ1) is 17.7. The summed E-state index contributed by atoms with van der Waals surface area (Å²) in [6.45, 7) is 6.04. The molecule has 5 heteroatoms. The van der Waals surface area contributed by atoms with Gasteiger partial charge in [0.15, 0.2) is 0 Å². The molecule has 0 radical (unpaired) electrons. The maximum Gasteiger partial charge on any atom is 0.222 e. The minimum absolute atomic E-state index is 0.131. The van der Waals surface area contributed by atoms with Crippen molar-refractivity contribution in [2.45, 2.75) is 84.1 Å². The molecule has 0 fully saturated rings. The molecule has 5 nitrogen and oxygen atoms in total. The number of carbonyl (C=O) groups excluding carboxylic acids is 1. The van der Waals surface area contributed by atoms with Crippen LogP contribution in [0, 0.1) is 0 Å². The molecule has 3 N–H and O–H groups in total. The molecule has 1 heterocycles. The number of carbonyl (C=O) groups is 1. The Morgan fingerprint density at radius 2 is 2.00 bits per heavy atom. The number of nitrogens with zero attached hydrogens (tertiary/aromatic N) is 2. The van der Waals surface area contributed by atoms with Crippen molar-refractivity contribution in [2.24, 2.45) is 0 Å². The van der Waals surface area contributed by atoms with E-state index < -0.39 is 0 Å². The summed E-state index contributed by atoms with van der Waals surface area (Å²) in [5.74, 6) is 1.46. The van der Waals surface area contributed by atoms with Gasteiger partial charge in [0.25, 0.3) is 0 Å². The van der Waals surface area contributed by atoms with Gasteiger partial charge in [-0.2, -0.15) is 4.98 Å². The average molecular weight is 318 g/mol. The quantitative estimate of drug-likeness (QED) is 0.764. The molecule has 0 saturated heterocycles. The number of nitrogens with one attached hydrogen (secondary N) is 1. The average Bonchev–Trinajstić information content (AvgIpc) is 2.51. The third kappa shape index (κ3) is 4.91. The number of hydrogen-bond acceptors (Lipinski definition) is 5. The summed E-state index contributed by atoms with van der Waals surface area (Å²) < 4.78 is 0. The molecule has 1 aromatic heterocycles. The Balaban J connectivity index is 2.24. The number of nitrogen functional groups attached to an aromatic ring is 1. The second-order valence-corrected chi connectivity index (χ2v) is 7.05. The van der Waals surface area contributed by atoms with Crippen molar-refractivity contribution < 1.29 is 4.79 Å². The van der Waals surface area contributed by atoms with Gasteiger partial charge in [-0.05, 0) is 52.4 Å². The van der Waals surface area contributed by atoms with Gasteiger partial charge in [-0.25, -0.2) is 4.98 Å². The molecule has 23 heavy (non-hydrogen) atoms. The summed E-state index contributed by atoms with van der Waals surface area (Å²) in [5, 5.41) is 3.63. The number of ketones is 1. The monoisotopic (exact) mass is 318 g/mol. The predicted octanol–water partition coefficient (Wildman–Crippen LogP) is 3.67. The van der Waals surface area contributed by atoms with Crippen LogP contribution in [0.3, 0.4) is 0 Å². The SMILES string of the molecule is CCCC[C@](C)(CCC(C)=O)Nc1nc(N)nc2c1CCCC2. The summed E-state index contributed by atoms with van der Waals surface area (Å²) in [4.78, 5) is 20.3. The molecule has 2 rings (SSSR count). The second-order valence-electron chi connectivity index (χ2n) is 7.05. The van der Waals surface area contributed by atoms with Gasteiger partial charge in [0, 0.05) is 17.5 Å². The molecule has 1 aliphatic carbocycles. The van der Waals surface area contributed by atoms with Gasteiger partial charge < -0.3 is 15.8 Å². The van der Waals surface area contributed by atoms with Crippen LogP contribution >= 0.6 is 0 Å². The van der Waals surface area contributed by atoms with Crippen molar-refractivity contribution in [1.29, 1.82) is 0 Å². The molecular formula is C18H30N4O. The molecule has 0 saturated carbocycles. The lowest BCUT2D eigenvalue weighted by atomic mass is 9.88. The predicted molar refractivity (Wildman–Crippen MR) is 94.6 cm³/mol. The van der Waals surface area contributed by atoms with Crippen LogP contribution in [0.25, 0.3) is 0 Å². The van der Waals surface area contributed by atoms with Crippen molar-refractivity contribution >= 4 is 17.5 Å². The summed E-state index contributed by atoms with van der Waals surface area (Å²) in [7, 11) is 0. The Labute approximate surface area is 139 Å². The minimum Gasteiger partial charge on any atom is -0.368 e. The van der Waals surface area contributed by atoms with Gasteiger partial charge in [-0.3, -0.25) is 0 Å². The number of aromatic nitrogens is 2. The van der Waals surface area contributed by atoms with E-state index in [0.29, 0.717) is 12.4 Å². The number of unbranched alkanes of at least 4 members (excludes halogenated alkanes) is 1. The molecule has 0 amide bonds. The van der Waals surface area contributed by atoms with E-state index in [9.17, 15) is 4.79 Å². The number of fused-ring (bicyclic) bond motifs is 1. The molecule has 0 bridgehead atoms. The summed E-state index contributed by atoms with van der Waals surface area (Å²) in [6, 6.07) is 0. The Kier molecular flexibility index (Phi) is 5.97. The number of rotatable bonds is 8.